The number of methoxy groups -OCH3 is 1. The topological polar surface area (TPSA) is 39.1 Å². The molecule has 0 atom stereocenters. The number of aryl methyl sites for hydroxylation is 1. The summed E-state index contributed by atoms with van der Waals surface area (Å²) >= 11 is 6.20. The zero-order valence-electron chi connectivity index (χ0n) is 13.6. The molecule has 0 radical (unpaired) electrons. The maximum Gasteiger partial charge on any atom is 0.133 e. The van der Waals surface area contributed by atoms with Crippen molar-refractivity contribution in [2.75, 3.05) is 19.0 Å². The fourth-order valence-corrected chi connectivity index (χ4v) is 3.33. The maximum atomic E-state index is 6.20. The van der Waals surface area contributed by atoms with Gasteiger partial charge >= 0.3 is 0 Å². The summed E-state index contributed by atoms with van der Waals surface area (Å²) < 4.78 is 7.32. The molecule has 0 aliphatic carbocycles. The first kappa shape index (κ1) is 15.1. The fraction of sp³-hybridized carbons (Fsp3) is 0.211. The van der Waals surface area contributed by atoms with Crippen LogP contribution in [0.3, 0.4) is 0 Å². The van der Waals surface area contributed by atoms with Crippen molar-refractivity contribution >= 4 is 17.4 Å². The molecular formula is C19H18ClN3O. The average molecular weight is 340 g/mol. The first-order valence-corrected chi connectivity index (χ1v) is 8.32. The van der Waals surface area contributed by atoms with E-state index in [4.69, 9.17) is 21.4 Å². The van der Waals surface area contributed by atoms with E-state index in [1.165, 1.54) is 5.56 Å². The van der Waals surface area contributed by atoms with Gasteiger partial charge in [0.15, 0.2) is 0 Å². The van der Waals surface area contributed by atoms with E-state index in [-0.39, 0.29) is 0 Å². The number of aromatic nitrogens is 2. The molecule has 4 nitrogen and oxygen atoms in total. The molecule has 0 amide bonds. The SMILES string of the molecule is COc1cccc(-c2nn(-c3cc(Cl)ccc3C)c3c2CCN3)c1. The second-order valence-electron chi connectivity index (χ2n) is 5.93. The van der Waals surface area contributed by atoms with E-state index in [1.807, 2.05) is 41.1 Å². The Labute approximate surface area is 146 Å². The minimum atomic E-state index is 0.709. The van der Waals surface area contributed by atoms with Crippen molar-refractivity contribution in [3.05, 3.63) is 58.6 Å². The number of fused-ring (bicyclic) bond motifs is 1. The third-order valence-corrected chi connectivity index (χ3v) is 4.63. The molecule has 0 fully saturated rings. The lowest BCUT2D eigenvalue weighted by Crippen LogP contribution is -2.05. The molecule has 24 heavy (non-hydrogen) atoms. The summed E-state index contributed by atoms with van der Waals surface area (Å²) in [5.74, 6) is 1.89. The van der Waals surface area contributed by atoms with Gasteiger partial charge < -0.3 is 10.1 Å². The van der Waals surface area contributed by atoms with Crippen molar-refractivity contribution in [3.8, 4) is 22.7 Å². The van der Waals surface area contributed by atoms with Gasteiger partial charge in [0.05, 0.1) is 18.5 Å². The smallest absolute Gasteiger partial charge is 0.133 e. The predicted molar refractivity (Wildman–Crippen MR) is 97.5 cm³/mol. The fourth-order valence-electron chi connectivity index (χ4n) is 3.16. The van der Waals surface area contributed by atoms with E-state index in [1.54, 1.807) is 7.11 Å². The number of nitrogens with zero attached hydrogens (tertiary/aromatic N) is 2. The Morgan fingerprint density at radius 2 is 2.08 bits per heavy atom. The Balaban J connectivity index is 1.90. The van der Waals surface area contributed by atoms with Crippen molar-refractivity contribution in [3.63, 3.8) is 0 Å². The minimum absolute atomic E-state index is 0.709. The van der Waals surface area contributed by atoms with Crippen LogP contribution in [0.5, 0.6) is 5.75 Å². The van der Waals surface area contributed by atoms with Gasteiger partial charge in [0.2, 0.25) is 0 Å². The van der Waals surface area contributed by atoms with Crippen molar-refractivity contribution in [2.45, 2.75) is 13.3 Å². The van der Waals surface area contributed by atoms with Crippen molar-refractivity contribution in [1.82, 2.24) is 9.78 Å². The van der Waals surface area contributed by atoms with Crippen LogP contribution in [0.1, 0.15) is 11.1 Å². The van der Waals surface area contributed by atoms with E-state index in [0.717, 1.165) is 47.0 Å². The van der Waals surface area contributed by atoms with Gasteiger partial charge in [0.25, 0.3) is 0 Å². The number of nitrogens with one attached hydrogen (secondary N) is 1. The van der Waals surface area contributed by atoms with E-state index >= 15 is 0 Å². The van der Waals surface area contributed by atoms with Gasteiger partial charge in [-0.15, -0.1) is 0 Å². The summed E-state index contributed by atoms with van der Waals surface area (Å²) in [5.41, 5.74) is 5.43. The molecule has 0 saturated carbocycles. The van der Waals surface area contributed by atoms with Crippen LogP contribution >= 0.6 is 11.6 Å². The number of rotatable bonds is 3. The Morgan fingerprint density at radius 1 is 1.21 bits per heavy atom. The van der Waals surface area contributed by atoms with Gasteiger partial charge in [0, 0.05) is 22.7 Å². The van der Waals surface area contributed by atoms with E-state index in [9.17, 15) is 0 Å². The molecule has 5 heteroatoms. The van der Waals surface area contributed by atoms with Gasteiger partial charge in [-0.2, -0.15) is 5.10 Å². The standard InChI is InChI=1S/C19H18ClN3O/c1-12-6-7-14(20)11-17(12)23-19-16(8-9-21-19)18(22-23)13-4-3-5-15(10-13)24-2/h3-7,10-11,21H,8-9H2,1-2H3. The van der Waals surface area contributed by atoms with Gasteiger partial charge in [0.1, 0.15) is 11.6 Å². The first-order chi connectivity index (χ1) is 11.7. The molecule has 1 aliphatic heterocycles. The molecule has 0 bridgehead atoms. The lowest BCUT2D eigenvalue weighted by atomic mass is 10.1. The van der Waals surface area contributed by atoms with Gasteiger partial charge in [-0.05, 0) is 43.2 Å². The van der Waals surface area contributed by atoms with Gasteiger partial charge in [-0.3, -0.25) is 0 Å². The molecule has 1 aromatic heterocycles. The van der Waals surface area contributed by atoms with Crippen molar-refractivity contribution < 1.29 is 4.74 Å². The zero-order valence-corrected chi connectivity index (χ0v) is 14.4. The van der Waals surface area contributed by atoms with Crippen LogP contribution < -0.4 is 10.1 Å². The molecule has 0 saturated heterocycles. The highest BCUT2D eigenvalue weighted by Gasteiger charge is 2.24. The second kappa shape index (κ2) is 5.87. The number of anilines is 1. The number of hydrogen-bond donors (Lipinski definition) is 1. The van der Waals surface area contributed by atoms with Crippen molar-refractivity contribution in [2.24, 2.45) is 0 Å². The summed E-state index contributed by atoms with van der Waals surface area (Å²) in [6.07, 6.45) is 0.960. The van der Waals surface area contributed by atoms with Gasteiger partial charge in [-0.25, -0.2) is 4.68 Å². The molecule has 4 rings (SSSR count). The lowest BCUT2D eigenvalue weighted by Gasteiger charge is -2.10. The predicted octanol–water partition coefficient (Wildman–Crippen LogP) is 4.48. The van der Waals surface area contributed by atoms with Crippen molar-refractivity contribution in [1.29, 1.82) is 0 Å². The molecule has 3 aromatic rings. The third kappa shape index (κ3) is 2.43. The largest absolute Gasteiger partial charge is 0.497 e. The quantitative estimate of drug-likeness (QED) is 0.764. The monoisotopic (exact) mass is 339 g/mol. The van der Waals surface area contributed by atoms with Gasteiger partial charge in [-0.1, -0.05) is 29.8 Å². The zero-order chi connectivity index (χ0) is 16.7. The second-order valence-corrected chi connectivity index (χ2v) is 6.36. The third-order valence-electron chi connectivity index (χ3n) is 4.39. The summed E-state index contributed by atoms with van der Waals surface area (Å²) in [5, 5.41) is 9.06. The molecule has 1 N–H and O–H groups in total. The minimum Gasteiger partial charge on any atom is -0.497 e. The highest BCUT2D eigenvalue weighted by molar-refractivity contribution is 6.30. The van der Waals surface area contributed by atoms with Crippen LogP contribution in [0.4, 0.5) is 5.82 Å². The summed E-state index contributed by atoms with van der Waals surface area (Å²) in [6, 6.07) is 13.9. The number of benzene rings is 2. The molecule has 0 unspecified atom stereocenters. The Bertz CT molecular complexity index is 917. The molecule has 122 valence electrons. The molecular weight excluding hydrogens is 322 g/mol. The van der Waals surface area contributed by atoms with E-state index in [0.29, 0.717) is 5.02 Å². The Kier molecular flexibility index (Phi) is 3.69. The number of hydrogen-bond acceptors (Lipinski definition) is 3. The van der Waals surface area contributed by atoms with Crippen LogP contribution in [0.15, 0.2) is 42.5 Å². The molecule has 2 heterocycles. The van der Waals surface area contributed by atoms with Crippen LogP contribution in [0.2, 0.25) is 5.02 Å². The van der Waals surface area contributed by atoms with Crippen LogP contribution in [0.25, 0.3) is 16.9 Å². The van der Waals surface area contributed by atoms with Crippen LogP contribution in [0, 0.1) is 6.92 Å². The number of ether oxygens (including phenoxy) is 1. The Morgan fingerprint density at radius 3 is 2.92 bits per heavy atom. The Hall–Kier alpha value is -2.46. The number of halogens is 1. The average Bonchev–Trinajstić information content (AvgIpc) is 3.19. The van der Waals surface area contributed by atoms with Crippen LogP contribution in [-0.2, 0) is 6.42 Å². The van der Waals surface area contributed by atoms with E-state index in [2.05, 4.69) is 18.3 Å². The molecule has 0 spiro atoms. The summed E-state index contributed by atoms with van der Waals surface area (Å²) in [6.45, 7) is 2.99. The van der Waals surface area contributed by atoms with Crippen LogP contribution in [-0.4, -0.2) is 23.4 Å². The first-order valence-electron chi connectivity index (χ1n) is 7.94. The molecule has 1 aliphatic rings. The maximum absolute atomic E-state index is 6.20. The summed E-state index contributed by atoms with van der Waals surface area (Å²) in [7, 11) is 1.68. The summed E-state index contributed by atoms with van der Waals surface area (Å²) in [4.78, 5) is 0. The normalized spacial score (nSPS) is 12.8. The van der Waals surface area contributed by atoms with E-state index < -0.39 is 0 Å². The highest BCUT2D eigenvalue weighted by atomic mass is 35.5. The highest BCUT2D eigenvalue weighted by Crippen LogP contribution is 2.36. The lowest BCUT2D eigenvalue weighted by molar-refractivity contribution is 0.415. The molecule has 2 aromatic carbocycles.